The van der Waals surface area contributed by atoms with Crippen molar-refractivity contribution in [1.29, 1.82) is 0 Å². The molecule has 0 spiro atoms. The maximum atomic E-state index is 12.7. The van der Waals surface area contributed by atoms with Crippen molar-refractivity contribution in [3.8, 4) is 0 Å². The van der Waals surface area contributed by atoms with E-state index >= 15 is 0 Å². The monoisotopic (exact) mass is 436 g/mol. The van der Waals surface area contributed by atoms with Gasteiger partial charge in [0.15, 0.2) is 0 Å². The van der Waals surface area contributed by atoms with Gasteiger partial charge < -0.3 is 9.64 Å². The number of esters is 1. The molecule has 1 aromatic rings. The summed E-state index contributed by atoms with van der Waals surface area (Å²) in [7, 11) is -3.44. The van der Waals surface area contributed by atoms with E-state index < -0.39 is 10.0 Å². The third kappa shape index (κ3) is 6.28. The molecule has 1 aromatic carbocycles. The van der Waals surface area contributed by atoms with E-state index in [2.05, 4.69) is 0 Å². The Bertz CT molecular complexity index is 828. The van der Waals surface area contributed by atoms with Crippen molar-refractivity contribution in [3.63, 3.8) is 0 Å². The van der Waals surface area contributed by atoms with Gasteiger partial charge in [-0.05, 0) is 62.6 Å². The summed E-state index contributed by atoms with van der Waals surface area (Å²) in [5, 5.41) is 0. The van der Waals surface area contributed by atoms with Gasteiger partial charge in [-0.15, -0.1) is 0 Å². The van der Waals surface area contributed by atoms with E-state index in [0.29, 0.717) is 43.5 Å². The Morgan fingerprint density at radius 3 is 2.37 bits per heavy atom. The SMILES string of the molecule is CCOC(=O)CN(CC1CC1)C(=O)CCc1ccc(S(=O)(=O)N2CCCCC2)cc1. The third-order valence-electron chi connectivity index (χ3n) is 5.66. The first-order valence-electron chi connectivity index (χ1n) is 10.9. The standard InChI is InChI=1S/C22H32N2O5S/c1-2-29-22(26)17-23(16-19-6-7-19)21(25)13-10-18-8-11-20(12-9-18)30(27,28)24-14-4-3-5-15-24/h8-9,11-12,19H,2-7,10,13-17H2,1H3. The summed E-state index contributed by atoms with van der Waals surface area (Å²) in [6, 6.07) is 6.82. The Kier molecular flexibility index (Phi) is 7.88. The molecule has 0 atom stereocenters. The first kappa shape index (κ1) is 22.7. The minimum atomic E-state index is -3.44. The number of nitrogens with zero attached hydrogens (tertiary/aromatic N) is 2. The highest BCUT2D eigenvalue weighted by molar-refractivity contribution is 7.89. The van der Waals surface area contributed by atoms with Crippen LogP contribution in [0.2, 0.25) is 0 Å². The Morgan fingerprint density at radius 2 is 1.77 bits per heavy atom. The third-order valence-corrected chi connectivity index (χ3v) is 7.57. The van der Waals surface area contributed by atoms with Gasteiger partial charge >= 0.3 is 5.97 Å². The highest BCUT2D eigenvalue weighted by atomic mass is 32.2. The number of aryl methyl sites for hydroxylation is 1. The Morgan fingerprint density at radius 1 is 1.10 bits per heavy atom. The molecule has 0 N–H and O–H groups in total. The van der Waals surface area contributed by atoms with Crippen molar-refractivity contribution in [2.24, 2.45) is 5.92 Å². The van der Waals surface area contributed by atoms with Crippen molar-refractivity contribution in [2.45, 2.75) is 56.8 Å². The Labute approximate surface area is 179 Å². The number of amides is 1. The number of sulfonamides is 1. The smallest absolute Gasteiger partial charge is 0.325 e. The van der Waals surface area contributed by atoms with Gasteiger partial charge in [0.05, 0.1) is 11.5 Å². The van der Waals surface area contributed by atoms with Gasteiger partial charge in [0.25, 0.3) is 0 Å². The number of carbonyl (C=O) groups excluding carboxylic acids is 2. The van der Waals surface area contributed by atoms with E-state index in [1.54, 1.807) is 40.4 Å². The molecule has 8 heteroatoms. The second-order valence-corrected chi connectivity index (χ2v) is 10.1. The molecule has 1 aliphatic heterocycles. The number of carbonyl (C=O) groups is 2. The predicted molar refractivity (Wildman–Crippen MR) is 113 cm³/mol. The molecule has 166 valence electrons. The van der Waals surface area contributed by atoms with Crippen LogP contribution in [0.5, 0.6) is 0 Å². The molecule has 7 nitrogen and oxygen atoms in total. The van der Waals surface area contributed by atoms with Gasteiger partial charge in [-0.3, -0.25) is 9.59 Å². The zero-order valence-electron chi connectivity index (χ0n) is 17.7. The molecule has 1 aliphatic carbocycles. The zero-order chi connectivity index (χ0) is 21.6. The second kappa shape index (κ2) is 10.4. The van der Waals surface area contributed by atoms with E-state index in [9.17, 15) is 18.0 Å². The summed E-state index contributed by atoms with van der Waals surface area (Å²) < 4.78 is 32.0. The summed E-state index contributed by atoms with van der Waals surface area (Å²) in [6.07, 6.45) is 5.87. The van der Waals surface area contributed by atoms with Crippen LogP contribution in [0.1, 0.15) is 51.0 Å². The molecule has 0 aromatic heterocycles. The molecule has 3 rings (SSSR count). The average Bonchev–Trinajstić information content (AvgIpc) is 3.57. The normalized spacial score (nSPS) is 17.5. The van der Waals surface area contributed by atoms with E-state index in [1.807, 2.05) is 0 Å². The second-order valence-electron chi connectivity index (χ2n) is 8.13. The Balaban J connectivity index is 1.56. The lowest BCUT2D eigenvalue weighted by molar-refractivity contribution is -0.149. The lowest BCUT2D eigenvalue weighted by Crippen LogP contribution is -2.38. The zero-order valence-corrected chi connectivity index (χ0v) is 18.5. The van der Waals surface area contributed by atoms with Crippen LogP contribution in [0.4, 0.5) is 0 Å². The van der Waals surface area contributed by atoms with Gasteiger partial charge in [-0.2, -0.15) is 4.31 Å². The van der Waals surface area contributed by atoms with Crippen LogP contribution >= 0.6 is 0 Å². The van der Waals surface area contributed by atoms with E-state index in [4.69, 9.17) is 4.74 Å². The van der Waals surface area contributed by atoms with Crippen LogP contribution in [0.3, 0.4) is 0 Å². The number of benzene rings is 1. The van der Waals surface area contributed by atoms with Gasteiger partial charge in [0, 0.05) is 26.1 Å². The highest BCUT2D eigenvalue weighted by Crippen LogP contribution is 2.30. The fraction of sp³-hybridized carbons (Fsp3) is 0.636. The summed E-state index contributed by atoms with van der Waals surface area (Å²) in [4.78, 5) is 26.4. The largest absolute Gasteiger partial charge is 0.465 e. The molecule has 2 aliphatic rings. The minimum Gasteiger partial charge on any atom is -0.465 e. The summed E-state index contributed by atoms with van der Waals surface area (Å²) in [5.74, 6) is 0.0430. The summed E-state index contributed by atoms with van der Waals surface area (Å²) >= 11 is 0. The maximum absolute atomic E-state index is 12.7. The lowest BCUT2D eigenvalue weighted by Gasteiger charge is -2.25. The number of hydrogen-bond donors (Lipinski definition) is 0. The molecule has 1 saturated carbocycles. The number of rotatable bonds is 10. The van der Waals surface area contributed by atoms with Crippen molar-refractivity contribution < 1.29 is 22.7 Å². The van der Waals surface area contributed by atoms with Crippen LogP contribution in [-0.2, 0) is 30.8 Å². The molecular formula is C22H32N2O5S. The summed E-state index contributed by atoms with van der Waals surface area (Å²) in [5.41, 5.74) is 0.906. The van der Waals surface area contributed by atoms with Gasteiger partial charge in [-0.1, -0.05) is 18.6 Å². The van der Waals surface area contributed by atoms with Crippen LogP contribution in [-0.4, -0.2) is 62.3 Å². The molecule has 2 fully saturated rings. The van der Waals surface area contributed by atoms with Crippen LogP contribution in [0.25, 0.3) is 0 Å². The molecule has 30 heavy (non-hydrogen) atoms. The van der Waals surface area contributed by atoms with Crippen molar-refractivity contribution in [1.82, 2.24) is 9.21 Å². The van der Waals surface area contributed by atoms with Gasteiger partial charge in [-0.25, -0.2) is 8.42 Å². The molecule has 0 radical (unpaired) electrons. The van der Waals surface area contributed by atoms with Crippen LogP contribution in [0.15, 0.2) is 29.2 Å². The first-order chi connectivity index (χ1) is 14.4. The number of ether oxygens (including phenoxy) is 1. The fourth-order valence-corrected chi connectivity index (χ4v) is 5.24. The van der Waals surface area contributed by atoms with Crippen LogP contribution < -0.4 is 0 Å². The quantitative estimate of drug-likeness (QED) is 0.527. The predicted octanol–water partition coefficient (Wildman–Crippen LogP) is 2.60. The van der Waals surface area contributed by atoms with Gasteiger partial charge in [0.2, 0.25) is 15.9 Å². The first-order valence-corrected chi connectivity index (χ1v) is 12.4. The molecule has 1 saturated heterocycles. The van der Waals surface area contributed by atoms with Crippen molar-refractivity contribution >= 4 is 21.9 Å². The van der Waals surface area contributed by atoms with Crippen molar-refractivity contribution in [2.75, 3.05) is 32.8 Å². The van der Waals surface area contributed by atoms with Gasteiger partial charge in [0.1, 0.15) is 6.54 Å². The minimum absolute atomic E-state index is 0.00378. The molecule has 1 amide bonds. The van der Waals surface area contributed by atoms with Crippen LogP contribution in [0, 0.1) is 5.92 Å². The Hall–Kier alpha value is -1.93. The molecule has 0 bridgehead atoms. The highest BCUT2D eigenvalue weighted by Gasteiger charge is 2.28. The fourth-order valence-electron chi connectivity index (χ4n) is 3.72. The van der Waals surface area contributed by atoms with Crippen molar-refractivity contribution in [3.05, 3.63) is 29.8 Å². The lowest BCUT2D eigenvalue weighted by atomic mass is 10.1. The maximum Gasteiger partial charge on any atom is 0.325 e. The number of piperidine rings is 1. The molecule has 1 heterocycles. The van der Waals surface area contributed by atoms with E-state index in [0.717, 1.165) is 37.7 Å². The molecule has 0 unspecified atom stereocenters. The number of hydrogen-bond acceptors (Lipinski definition) is 5. The topological polar surface area (TPSA) is 84.0 Å². The van der Waals surface area contributed by atoms with E-state index in [1.165, 1.54) is 0 Å². The summed E-state index contributed by atoms with van der Waals surface area (Å²) in [6.45, 7) is 3.81. The average molecular weight is 437 g/mol. The molecular weight excluding hydrogens is 404 g/mol. The van der Waals surface area contributed by atoms with E-state index in [-0.39, 0.29) is 24.8 Å².